The van der Waals surface area contributed by atoms with E-state index in [9.17, 15) is 0 Å². The number of nitrogens with zero attached hydrogens (tertiary/aromatic N) is 1. The number of nitrogens with two attached hydrogens (primary N) is 1. The predicted molar refractivity (Wildman–Crippen MR) is 79.3 cm³/mol. The van der Waals surface area contributed by atoms with E-state index in [-0.39, 0.29) is 6.04 Å². The Morgan fingerprint density at radius 2 is 2.11 bits per heavy atom. The Balaban J connectivity index is 2.23. The first-order chi connectivity index (χ1) is 8.49. The summed E-state index contributed by atoms with van der Waals surface area (Å²) in [5.41, 5.74) is 8.14. The Morgan fingerprint density at radius 1 is 1.39 bits per heavy atom. The third kappa shape index (κ3) is 2.81. The van der Waals surface area contributed by atoms with E-state index in [0.29, 0.717) is 6.04 Å². The molecule has 3 atom stereocenters. The lowest BCUT2D eigenvalue weighted by Gasteiger charge is -2.38. The Labute approximate surface area is 115 Å². The molecule has 1 heterocycles. The van der Waals surface area contributed by atoms with Crippen molar-refractivity contribution in [3.8, 4) is 0 Å². The molecule has 2 nitrogen and oxygen atoms in total. The molecule has 0 saturated carbocycles. The molecule has 1 fully saturated rings. The Morgan fingerprint density at radius 3 is 2.67 bits per heavy atom. The average Bonchev–Trinajstić information content (AvgIpc) is 2.30. The summed E-state index contributed by atoms with van der Waals surface area (Å²) in [5.74, 6) is 0.818. The highest BCUT2D eigenvalue weighted by atomic mass is 35.5. The maximum absolute atomic E-state index is 6.41. The van der Waals surface area contributed by atoms with Crippen LogP contribution in [0.15, 0.2) is 18.2 Å². The second-order valence-electron chi connectivity index (χ2n) is 5.67. The molecule has 3 heteroatoms. The maximum Gasteiger partial charge on any atom is 0.0642 e. The van der Waals surface area contributed by atoms with Crippen molar-refractivity contribution in [1.82, 2.24) is 0 Å². The minimum Gasteiger partial charge on any atom is -0.368 e. The first-order valence-corrected chi connectivity index (χ1v) is 7.18. The number of piperidine rings is 1. The van der Waals surface area contributed by atoms with Crippen LogP contribution in [-0.2, 0) is 0 Å². The van der Waals surface area contributed by atoms with Gasteiger partial charge in [-0.05, 0) is 50.3 Å². The first-order valence-electron chi connectivity index (χ1n) is 6.80. The molecule has 0 spiro atoms. The van der Waals surface area contributed by atoms with Crippen molar-refractivity contribution >= 4 is 17.3 Å². The van der Waals surface area contributed by atoms with Crippen LogP contribution in [0.1, 0.15) is 45.2 Å². The van der Waals surface area contributed by atoms with Crippen LogP contribution in [0.3, 0.4) is 0 Å². The van der Waals surface area contributed by atoms with E-state index in [1.165, 1.54) is 12.8 Å². The largest absolute Gasteiger partial charge is 0.368 e. The molecular formula is C15H23ClN2. The van der Waals surface area contributed by atoms with E-state index < -0.39 is 0 Å². The van der Waals surface area contributed by atoms with E-state index >= 15 is 0 Å². The smallest absolute Gasteiger partial charge is 0.0642 e. The molecule has 1 aliphatic heterocycles. The summed E-state index contributed by atoms with van der Waals surface area (Å²) in [7, 11) is 0. The molecule has 1 aromatic rings. The summed E-state index contributed by atoms with van der Waals surface area (Å²) in [6, 6.07) is 6.82. The second kappa shape index (κ2) is 5.50. The van der Waals surface area contributed by atoms with Crippen molar-refractivity contribution in [3.05, 3.63) is 28.8 Å². The molecule has 0 aliphatic carbocycles. The Kier molecular flexibility index (Phi) is 4.18. The molecule has 0 bridgehead atoms. The fourth-order valence-electron chi connectivity index (χ4n) is 2.80. The van der Waals surface area contributed by atoms with Crippen molar-refractivity contribution in [2.75, 3.05) is 11.4 Å². The molecule has 100 valence electrons. The van der Waals surface area contributed by atoms with Gasteiger partial charge in [-0.1, -0.05) is 24.6 Å². The maximum atomic E-state index is 6.41. The first kappa shape index (κ1) is 13.7. The van der Waals surface area contributed by atoms with Crippen molar-refractivity contribution in [1.29, 1.82) is 0 Å². The van der Waals surface area contributed by atoms with Gasteiger partial charge in [0.15, 0.2) is 0 Å². The lowest BCUT2D eigenvalue weighted by atomic mass is 9.93. The van der Waals surface area contributed by atoms with E-state index in [1.54, 1.807) is 0 Å². The van der Waals surface area contributed by atoms with Crippen molar-refractivity contribution in [3.63, 3.8) is 0 Å². The highest BCUT2D eigenvalue weighted by Crippen LogP contribution is 2.34. The van der Waals surface area contributed by atoms with Gasteiger partial charge >= 0.3 is 0 Å². The number of hydrogen-bond donors (Lipinski definition) is 1. The van der Waals surface area contributed by atoms with Crippen LogP contribution in [0, 0.1) is 5.92 Å². The van der Waals surface area contributed by atoms with Gasteiger partial charge in [0, 0.05) is 18.6 Å². The van der Waals surface area contributed by atoms with Crippen LogP contribution < -0.4 is 10.6 Å². The zero-order chi connectivity index (χ0) is 13.3. The van der Waals surface area contributed by atoms with Gasteiger partial charge in [0.05, 0.1) is 10.7 Å². The lowest BCUT2D eigenvalue weighted by Crippen LogP contribution is -2.40. The molecule has 1 saturated heterocycles. The van der Waals surface area contributed by atoms with E-state index in [4.69, 9.17) is 17.3 Å². The minimum absolute atomic E-state index is 0.0374. The molecular weight excluding hydrogens is 244 g/mol. The van der Waals surface area contributed by atoms with Crippen LogP contribution >= 0.6 is 11.6 Å². The molecule has 2 N–H and O–H groups in total. The summed E-state index contributed by atoms with van der Waals surface area (Å²) in [4.78, 5) is 2.42. The molecule has 0 aromatic heterocycles. The van der Waals surface area contributed by atoms with E-state index in [0.717, 1.165) is 28.7 Å². The third-order valence-corrected chi connectivity index (χ3v) is 4.25. The van der Waals surface area contributed by atoms with Crippen LogP contribution in [0.2, 0.25) is 5.02 Å². The third-order valence-electron chi connectivity index (χ3n) is 3.95. The van der Waals surface area contributed by atoms with Gasteiger partial charge in [0.1, 0.15) is 0 Å². The summed E-state index contributed by atoms with van der Waals surface area (Å²) >= 11 is 6.41. The summed E-state index contributed by atoms with van der Waals surface area (Å²) < 4.78 is 0. The zero-order valence-electron chi connectivity index (χ0n) is 11.5. The minimum atomic E-state index is 0.0374. The van der Waals surface area contributed by atoms with Crippen LogP contribution in [-0.4, -0.2) is 12.6 Å². The van der Waals surface area contributed by atoms with Crippen LogP contribution in [0.4, 0.5) is 5.69 Å². The summed E-state index contributed by atoms with van der Waals surface area (Å²) in [6.45, 7) is 7.69. The fraction of sp³-hybridized carbons (Fsp3) is 0.600. The number of rotatable bonds is 2. The van der Waals surface area contributed by atoms with E-state index in [1.807, 2.05) is 13.0 Å². The van der Waals surface area contributed by atoms with Gasteiger partial charge in [-0.2, -0.15) is 0 Å². The molecule has 2 rings (SSSR count). The number of benzene rings is 1. The van der Waals surface area contributed by atoms with Gasteiger partial charge in [-0.25, -0.2) is 0 Å². The number of hydrogen-bond acceptors (Lipinski definition) is 2. The summed E-state index contributed by atoms with van der Waals surface area (Å²) in [6.07, 6.45) is 2.49. The SMILES string of the molecule is CC1CCN(c2ccc([C@@H](C)N)cc2Cl)C(C)C1. The molecule has 1 aliphatic rings. The molecule has 1 aromatic carbocycles. The lowest BCUT2D eigenvalue weighted by molar-refractivity contribution is 0.378. The predicted octanol–water partition coefficient (Wildman–Crippen LogP) is 3.98. The topological polar surface area (TPSA) is 29.3 Å². The zero-order valence-corrected chi connectivity index (χ0v) is 12.2. The standard InChI is InChI=1S/C15H23ClN2/c1-10-6-7-18(11(2)8-10)15-5-4-13(12(3)17)9-14(15)16/h4-5,9-12H,6-8,17H2,1-3H3/t10?,11?,12-/m1/s1. The van der Waals surface area contributed by atoms with E-state index in [2.05, 4.69) is 30.9 Å². The van der Waals surface area contributed by atoms with Crippen molar-refractivity contribution in [2.24, 2.45) is 11.7 Å². The van der Waals surface area contributed by atoms with Gasteiger partial charge in [-0.3, -0.25) is 0 Å². The second-order valence-corrected chi connectivity index (χ2v) is 6.08. The molecule has 0 radical (unpaired) electrons. The molecule has 2 unspecified atom stereocenters. The monoisotopic (exact) mass is 266 g/mol. The fourth-order valence-corrected chi connectivity index (χ4v) is 3.10. The van der Waals surface area contributed by atoms with Gasteiger partial charge in [0.25, 0.3) is 0 Å². The van der Waals surface area contributed by atoms with Gasteiger partial charge in [-0.15, -0.1) is 0 Å². The number of halogens is 1. The Bertz CT molecular complexity index is 417. The molecule has 0 amide bonds. The number of anilines is 1. The quantitative estimate of drug-likeness (QED) is 0.877. The summed E-state index contributed by atoms with van der Waals surface area (Å²) in [5, 5.41) is 0.825. The van der Waals surface area contributed by atoms with Gasteiger partial charge in [0.2, 0.25) is 0 Å². The Hall–Kier alpha value is -0.730. The highest BCUT2D eigenvalue weighted by Gasteiger charge is 2.24. The average molecular weight is 267 g/mol. The normalized spacial score (nSPS) is 26.2. The van der Waals surface area contributed by atoms with Crippen molar-refractivity contribution < 1.29 is 0 Å². The molecule has 18 heavy (non-hydrogen) atoms. The highest BCUT2D eigenvalue weighted by molar-refractivity contribution is 6.33. The van der Waals surface area contributed by atoms with Crippen molar-refractivity contribution in [2.45, 2.75) is 45.7 Å². The van der Waals surface area contributed by atoms with Gasteiger partial charge < -0.3 is 10.6 Å². The van der Waals surface area contributed by atoms with Crippen LogP contribution in [0.25, 0.3) is 0 Å². The van der Waals surface area contributed by atoms with Crippen LogP contribution in [0.5, 0.6) is 0 Å².